The average Bonchev–Trinajstić information content (AvgIpc) is 2.61. The normalized spacial score (nSPS) is 34.6. The van der Waals surface area contributed by atoms with Crippen LogP contribution in [0, 0.1) is 11.3 Å². The fraction of sp³-hybridized carbons (Fsp3) is 0.750. The molecule has 0 spiro atoms. The van der Waals surface area contributed by atoms with E-state index in [0.717, 1.165) is 0 Å². The Morgan fingerprint density at radius 2 is 2.00 bits per heavy atom. The largest absolute Gasteiger partial charge is 0.468 e. The number of ketones is 1. The van der Waals surface area contributed by atoms with Gasteiger partial charge in [0.25, 0.3) is 0 Å². The summed E-state index contributed by atoms with van der Waals surface area (Å²) in [6, 6.07) is 0. The van der Waals surface area contributed by atoms with Crippen LogP contribution in [0.2, 0.25) is 0 Å². The Hall–Kier alpha value is -0.860. The van der Waals surface area contributed by atoms with E-state index >= 15 is 0 Å². The van der Waals surface area contributed by atoms with E-state index in [1.54, 1.807) is 0 Å². The van der Waals surface area contributed by atoms with Gasteiger partial charge >= 0.3 is 5.97 Å². The second-order valence-corrected chi connectivity index (χ2v) is 3.12. The number of carbonyl (C=O) groups excluding carboxylic acids is 2. The highest BCUT2D eigenvalue weighted by Gasteiger charge is 2.62. The first-order chi connectivity index (χ1) is 5.05. The zero-order chi connectivity index (χ0) is 8.65. The van der Waals surface area contributed by atoms with E-state index < -0.39 is 5.41 Å². The van der Waals surface area contributed by atoms with Crippen LogP contribution in [0.25, 0.3) is 0 Å². The highest BCUT2D eigenvalue weighted by atomic mass is 16.5. The van der Waals surface area contributed by atoms with Crippen LogP contribution >= 0.6 is 0 Å². The van der Waals surface area contributed by atoms with Crippen molar-refractivity contribution in [2.75, 3.05) is 7.11 Å². The summed E-state index contributed by atoms with van der Waals surface area (Å²) < 4.78 is 4.55. The van der Waals surface area contributed by atoms with Gasteiger partial charge in [0.1, 0.15) is 11.2 Å². The molecule has 0 aromatic heterocycles. The lowest BCUT2D eigenvalue weighted by atomic mass is 10.00. The molecule has 1 saturated carbocycles. The molecule has 0 bridgehead atoms. The van der Waals surface area contributed by atoms with Gasteiger partial charge < -0.3 is 4.74 Å². The van der Waals surface area contributed by atoms with Gasteiger partial charge in [-0.15, -0.1) is 0 Å². The van der Waals surface area contributed by atoms with Crippen molar-refractivity contribution in [1.82, 2.24) is 0 Å². The van der Waals surface area contributed by atoms with Crippen molar-refractivity contribution in [3.63, 3.8) is 0 Å². The summed E-state index contributed by atoms with van der Waals surface area (Å²) in [5.41, 5.74) is -0.783. The van der Waals surface area contributed by atoms with E-state index in [-0.39, 0.29) is 17.7 Å². The minimum Gasteiger partial charge on any atom is -0.468 e. The number of hydrogen-bond acceptors (Lipinski definition) is 3. The fourth-order valence-electron chi connectivity index (χ4n) is 1.53. The molecule has 1 aliphatic rings. The Balaban J connectivity index is 2.80. The Bertz CT molecular complexity index is 209. The van der Waals surface area contributed by atoms with E-state index in [0.29, 0.717) is 6.42 Å². The first-order valence-corrected chi connectivity index (χ1v) is 3.65. The molecule has 1 aliphatic carbocycles. The molecule has 0 aromatic carbocycles. The number of methoxy groups -OCH3 is 1. The zero-order valence-corrected chi connectivity index (χ0v) is 7.01. The molecule has 1 rings (SSSR count). The van der Waals surface area contributed by atoms with Crippen LogP contribution in [0.15, 0.2) is 0 Å². The number of esters is 1. The third kappa shape index (κ3) is 0.951. The van der Waals surface area contributed by atoms with Crippen molar-refractivity contribution >= 4 is 11.8 Å². The first-order valence-electron chi connectivity index (χ1n) is 3.65. The number of carbonyl (C=O) groups is 2. The van der Waals surface area contributed by atoms with Gasteiger partial charge in [-0.2, -0.15) is 0 Å². The number of rotatable bonds is 2. The second kappa shape index (κ2) is 2.32. The Morgan fingerprint density at radius 1 is 1.55 bits per heavy atom. The molecule has 0 amide bonds. The van der Waals surface area contributed by atoms with Crippen molar-refractivity contribution in [3.8, 4) is 0 Å². The lowest BCUT2D eigenvalue weighted by Crippen LogP contribution is -2.26. The van der Waals surface area contributed by atoms with Crippen LogP contribution in [0.1, 0.15) is 20.3 Å². The molecule has 0 radical (unpaired) electrons. The predicted octanol–water partition coefficient (Wildman–Crippen LogP) is 0.775. The molecular formula is C8H12O3. The molecule has 0 heterocycles. The Morgan fingerprint density at radius 3 is 2.09 bits per heavy atom. The molecule has 3 heteroatoms. The lowest BCUT2D eigenvalue weighted by Gasteiger charge is -2.08. The monoisotopic (exact) mass is 156 g/mol. The molecule has 11 heavy (non-hydrogen) atoms. The number of Topliss-reactive ketones (excluding diaryl/α,β-unsaturated/α-hetero) is 1. The molecule has 62 valence electrons. The van der Waals surface area contributed by atoms with Gasteiger partial charge in [-0.3, -0.25) is 9.59 Å². The van der Waals surface area contributed by atoms with Crippen LogP contribution in [-0.4, -0.2) is 18.9 Å². The third-order valence-electron chi connectivity index (χ3n) is 2.49. The van der Waals surface area contributed by atoms with Gasteiger partial charge in [-0.1, -0.05) is 6.92 Å². The maximum Gasteiger partial charge on any atom is 0.319 e. The van der Waals surface area contributed by atoms with Crippen molar-refractivity contribution in [2.24, 2.45) is 11.3 Å². The molecule has 1 fully saturated rings. The Kier molecular flexibility index (Phi) is 1.74. The first kappa shape index (κ1) is 8.24. The van der Waals surface area contributed by atoms with Gasteiger partial charge in [0.2, 0.25) is 0 Å². The topological polar surface area (TPSA) is 43.4 Å². The third-order valence-corrected chi connectivity index (χ3v) is 2.49. The van der Waals surface area contributed by atoms with Crippen molar-refractivity contribution < 1.29 is 14.3 Å². The molecule has 0 aromatic rings. The quantitative estimate of drug-likeness (QED) is 0.438. The smallest absolute Gasteiger partial charge is 0.319 e. The van der Waals surface area contributed by atoms with Gasteiger partial charge in [0.05, 0.1) is 7.11 Å². The summed E-state index contributed by atoms with van der Waals surface area (Å²) in [6.07, 6.45) is 0.648. The van der Waals surface area contributed by atoms with Crippen LogP contribution in [-0.2, 0) is 14.3 Å². The van der Waals surface area contributed by atoms with E-state index in [1.165, 1.54) is 14.0 Å². The summed E-state index contributed by atoms with van der Waals surface area (Å²) in [5, 5.41) is 0. The molecule has 0 N–H and O–H groups in total. The van der Waals surface area contributed by atoms with Crippen molar-refractivity contribution in [2.45, 2.75) is 20.3 Å². The molecule has 0 unspecified atom stereocenters. The molecule has 2 atom stereocenters. The van der Waals surface area contributed by atoms with E-state index in [2.05, 4.69) is 4.74 Å². The number of hydrogen-bond donors (Lipinski definition) is 0. The SMILES string of the molecule is COC(=O)[C@]1(C(C)=O)C[C@@H]1C. The average molecular weight is 156 g/mol. The summed E-state index contributed by atoms with van der Waals surface area (Å²) in [5.74, 6) is -0.290. The molecule has 3 nitrogen and oxygen atoms in total. The van der Waals surface area contributed by atoms with Crippen LogP contribution in [0.4, 0.5) is 0 Å². The lowest BCUT2D eigenvalue weighted by molar-refractivity contribution is -0.151. The van der Waals surface area contributed by atoms with Crippen molar-refractivity contribution in [1.29, 1.82) is 0 Å². The minimum atomic E-state index is -0.783. The molecular weight excluding hydrogens is 144 g/mol. The Labute approximate surface area is 65.7 Å². The van der Waals surface area contributed by atoms with Gasteiger partial charge in [-0.05, 0) is 19.3 Å². The highest BCUT2D eigenvalue weighted by molar-refractivity contribution is 6.06. The van der Waals surface area contributed by atoms with Crippen LogP contribution in [0.3, 0.4) is 0 Å². The van der Waals surface area contributed by atoms with E-state index in [1.807, 2.05) is 6.92 Å². The molecule has 0 aliphatic heterocycles. The number of ether oxygens (including phenoxy) is 1. The summed E-state index contributed by atoms with van der Waals surface area (Å²) in [4.78, 5) is 22.1. The predicted molar refractivity (Wildman–Crippen MR) is 38.9 cm³/mol. The van der Waals surface area contributed by atoms with Crippen molar-refractivity contribution in [3.05, 3.63) is 0 Å². The minimum absolute atomic E-state index is 0.0724. The van der Waals surface area contributed by atoms with E-state index in [9.17, 15) is 9.59 Å². The summed E-state index contributed by atoms with van der Waals surface area (Å²) in [6.45, 7) is 3.33. The van der Waals surface area contributed by atoms with E-state index in [4.69, 9.17) is 0 Å². The van der Waals surface area contributed by atoms with Crippen LogP contribution in [0.5, 0.6) is 0 Å². The molecule has 0 saturated heterocycles. The highest BCUT2D eigenvalue weighted by Crippen LogP contribution is 2.53. The zero-order valence-electron chi connectivity index (χ0n) is 7.01. The maximum atomic E-state index is 11.1. The summed E-state index contributed by atoms with van der Waals surface area (Å²) >= 11 is 0. The fourth-order valence-corrected chi connectivity index (χ4v) is 1.53. The summed E-state index contributed by atoms with van der Waals surface area (Å²) in [7, 11) is 1.32. The maximum absolute atomic E-state index is 11.1. The second-order valence-electron chi connectivity index (χ2n) is 3.12. The van der Waals surface area contributed by atoms with Gasteiger partial charge in [0.15, 0.2) is 0 Å². The van der Waals surface area contributed by atoms with Gasteiger partial charge in [-0.25, -0.2) is 0 Å². The van der Waals surface area contributed by atoms with Crippen LogP contribution < -0.4 is 0 Å². The standard InChI is InChI=1S/C8H12O3/c1-5-4-8(5,6(2)9)7(10)11-3/h5H,4H2,1-3H3/t5-,8+/m0/s1. The van der Waals surface area contributed by atoms with Gasteiger partial charge in [0, 0.05) is 0 Å².